The van der Waals surface area contributed by atoms with Gasteiger partial charge in [0.2, 0.25) is 5.95 Å². The molecule has 1 saturated heterocycles. The second kappa shape index (κ2) is 5.80. The fraction of sp³-hybridized carbons (Fsp3) is 0.636. The molecule has 20 heavy (non-hydrogen) atoms. The molecule has 2 rings (SSSR count). The van der Waals surface area contributed by atoms with Gasteiger partial charge in [-0.1, -0.05) is 0 Å². The molecule has 0 radical (unpaired) electrons. The Morgan fingerprint density at radius 2 is 2.20 bits per heavy atom. The molecule has 4 N–H and O–H groups in total. The first-order chi connectivity index (χ1) is 9.44. The van der Waals surface area contributed by atoms with E-state index in [1.54, 1.807) is 4.90 Å². The van der Waals surface area contributed by atoms with E-state index in [4.69, 9.17) is 10.9 Å². The smallest absolute Gasteiger partial charge is 0.396 e. The zero-order valence-corrected chi connectivity index (χ0v) is 10.7. The largest absolute Gasteiger partial charge is 0.433 e. The topological polar surface area (TPSA) is 87.3 Å². The fourth-order valence-corrected chi connectivity index (χ4v) is 2.27. The van der Waals surface area contributed by atoms with Crippen molar-refractivity contribution in [2.45, 2.75) is 19.0 Å². The third kappa shape index (κ3) is 3.28. The number of halogens is 3. The summed E-state index contributed by atoms with van der Waals surface area (Å²) in [6.45, 7) is 1.24. The molecule has 0 amide bonds. The number of nitrogen functional groups attached to an aromatic ring is 1. The van der Waals surface area contributed by atoms with Gasteiger partial charge in [0.05, 0.1) is 0 Å². The molecule has 0 aromatic carbocycles. The molecule has 1 aromatic heterocycles. The van der Waals surface area contributed by atoms with Crippen molar-refractivity contribution in [1.29, 1.82) is 0 Å². The van der Waals surface area contributed by atoms with Gasteiger partial charge in [-0.25, -0.2) is 10.8 Å². The second-order valence-electron chi connectivity index (χ2n) is 4.69. The molecular weight excluding hydrogens is 275 g/mol. The maximum Gasteiger partial charge on any atom is 0.433 e. The molecular formula is C11H16F3N5O. The van der Waals surface area contributed by atoms with Crippen molar-refractivity contribution in [3.8, 4) is 0 Å². The molecule has 0 bridgehead atoms. The third-order valence-electron chi connectivity index (χ3n) is 3.28. The van der Waals surface area contributed by atoms with Gasteiger partial charge < -0.3 is 10.0 Å². The number of nitrogens with zero attached hydrogens (tertiary/aromatic N) is 3. The van der Waals surface area contributed by atoms with E-state index >= 15 is 0 Å². The van der Waals surface area contributed by atoms with Gasteiger partial charge in [0.25, 0.3) is 0 Å². The highest BCUT2D eigenvalue weighted by atomic mass is 19.4. The van der Waals surface area contributed by atoms with E-state index in [1.165, 1.54) is 0 Å². The lowest BCUT2D eigenvalue weighted by atomic mass is 10.1. The van der Waals surface area contributed by atoms with Gasteiger partial charge in [-0.2, -0.15) is 18.2 Å². The average Bonchev–Trinajstić information content (AvgIpc) is 2.86. The molecule has 112 valence electrons. The Bertz CT molecular complexity index is 468. The summed E-state index contributed by atoms with van der Waals surface area (Å²) in [5.41, 5.74) is 1.02. The summed E-state index contributed by atoms with van der Waals surface area (Å²) in [5.74, 6) is 5.30. The number of hydrogen-bond donors (Lipinski definition) is 3. The van der Waals surface area contributed by atoms with Crippen LogP contribution in [0.4, 0.5) is 24.9 Å². The number of anilines is 2. The highest BCUT2D eigenvalue weighted by molar-refractivity contribution is 5.46. The average molecular weight is 291 g/mol. The van der Waals surface area contributed by atoms with Crippen molar-refractivity contribution < 1.29 is 18.3 Å². The number of nitrogens with one attached hydrogen (secondary N) is 1. The van der Waals surface area contributed by atoms with Crippen molar-refractivity contribution in [3.63, 3.8) is 0 Å². The lowest BCUT2D eigenvalue weighted by molar-refractivity contribution is -0.141. The minimum Gasteiger partial charge on any atom is -0.396 e. The molecule has 1 aromatic rings. The summed E-state index contributed by atoms with van der Waals surface area (Å²) >= 11 is 0. The summed E-state index contributed by atoms with van der Waals surface area (Å²) in [5, 5.41) is 8.90. The Kier molecular flexibility index (Phi) is 4.29. The van der Waals surface area contributed by atoms with Crippen LogP contribution in [0.15, 0.2) is 6.07 Å². The van der Waals surface area contributed by atoms with E-state index < -0.39 is 11.9 Å². The molecule has 1 aliphatic heterocycles. The molecule has 1 fully saturated rings. The van der Waals surface area contributed by atoms with Gasteiger partial charge in [-0.05, 0) is 18.8 Å². The number of alkyl halides is 3. The lowest BCUT2D eigenvalue weighted by Crippen LogP contribution is -2.24. The van der Waals surface area contributed by atoms with Crippen LogP contribution in [0.3, 0.4) is 0 Å². The van der Waals surface area contributed by atoms with Crippen molar-refractivity contribution >= 4 is 11.8 Å². The standard InChI is InChI=1S/C11H16F3N5O/c12-11(13,14)8-5-9(17-10(16-8)18-15)19-3-1-7(6-19)2-4-20/h5,7,20H,1-4,6,15H2,(H,16,17,18). The Hall–Kier alpha value is -1.61. The highest BCUT2D eigenvalue weighted by Gasteiger charge is 2.35. The van der Waals surface area contributed by atoms with Crippen LogP contribution < -0.4 is 16.2 Å². The van der Waals surface area contributed by atoms with Crippen molar-refractivity contribution in [1.82, 2.24) is 9.97 Å². The molecule has 0 aliphatic carbocycles. The number of aliphatic hydroxyl groups excluding tert-OH is 1. The zero-order valence-electron chi connectivity index (χ0n) is 10.7. The molecule has 0 saturated carbocycles. The minimum absolute atomic E-state index is 0.0751. The van der Waals surface area contributed by atoms with E-state index in [0.29, 0.717) is 19.5 Å². The molecule has 1 aliphatic rings. The SMILES string of the molecule is NNc1nc(N2CCC(CCO)C2)cc(C(F)(F)F)n1. The lowest BCUT2D eigenvalue weighted by Gasteiger charge is -2.19. The van der Waals surface area contributed by atoms with Gasteiger partial charge in [0.1, 0.15) is 5.82 Å². The van der Waals surface area contributed by atoms with Crippen LogP contribution in [-0.2, 0) is 6.18 Å². The maximum absolute atomic E-state index is 12.8. The Morgan fingerprint density at radius 3 is 2.80 bits per heavy atom. The number of rotatable bonds is 4. The first-order valence-corrected chi connectivity index (χ1v) is 6.22. The number of hydrazine groups is 1. The molecule has 1 unspecified atom stereocenters. The maximum atomic E-state index is 12.8. The normalized spacial score (nSPS) is 19.4. The van der Waals surface area contributed by atoms with Crippen LogP contribution in [0.1, 0.15) is 18.5 Å². The first-order valence-electron chi connectivity index (χ1n) is 6.22. The van der Waals surface area contributed by atoms with E-state index in [-0.39, 0.29) is 24.3 Å². The highest BCUT2D eigenvalue weighted by Crippen LogP contribution is 2.32. The van der Waals surface area contributed by atoms with Gasteiger partial charge in [0, 0.05) is 25.8 Å². The van der Waals surface area contributed by atoms with E-state index in [0.717, 1.165) is 12.5 Å². The van der Waals surface area contributed by atoms with E-state index in [1.807, 2.05) is 0 Å². The Morgan fingerprint density at radius 1 is 1.45 bits per heavy atom. The molecule has 0 spiro atoms. The van der Waals surface area contributed by atoms with Gasteiger partial charge in [0.15, 0.2) is 5.69 Å². The number of aliphatic hydroxyl groups is 1. The van der Waals surface area contributed by atoms with Gasteiger partial charge in [-0.15, -0.1) is 0 Å². The van der Waals surface area contributed by atoms with Crippen LogP contribution in [0.2, 0.25) is 0 Å². The molecule has 9 heteroatoms. The van der Waals surface area contributed by atoms with Crippen molar-refractivity contribution in [2.75, 3.05) is 30.0 Å². The third-order valence-corrected chi connectivity index (χ3v) is 3.28. The monoisotopic (exact) mass is 291 g/mol. The zero-order chi connectivity index (χ0) is 14.8. The van der Waals surface area contributed by atoms with Crippen LogP contribution in [0.25, 0.3) is 0 Å². The fourth-order valence-electron chi connectivity index (χ4n) is 2.27. The van der Waals surface area contributed by atoms with Crippen LogP contribution in [0.5, 0.6) is 0 Å². The quantitative estimate of drug-likeness (QED) is 0.566. The van der Waals surface area contributed by atoms with Gasteiger partial charge in [-0.3, -0.25) is 5.43 Å². The van der Waals surface area contributed by atoms with Crippen molar-refractivity contribution in [2.24, 2.45) is 11.8 Å². The van der Waals surface area contributed by atoms with Crippen LogP contribution >= 0.6 is 0 Å². The number of aromatic nitrogens is 2. The number of hydrogen-bond acceptors (Lipinski definition) is 6. The summed E-state index contributed by atoms with van der Waals surface area (Å²) in [6.07, 6.45) is -3.10. The predicted molar refractivity (Wildman–Crippen MR) is 66.9 cm³/mol. The summed E-state index contributed by atoms with van der Waals surface area (Å²) in [4.78, 5) is 9.02. The Labute approximate surface area is 113 Å². The van der Waals surface area contributed by atoms with Crippen LogP contribution in [0, 0.1) is 5.92 Å². The molecule has 6 nitrogen and oxygen atoms in total. The summed E-state index contributed by atoms with van der Waals surface area (Å²) in [6, 6.07) is 0.919. The minimum atomic E-state index is -4.55. The first kappa shape index (κ1) is 14.8. The second-order valence-corrected chi connectivity index (χ2v) is 4.69. The summed E-state index contributed by atoms with van der Waals surface area (Å²) < 4.78 is 38.3. The predicted octanol–water partition coefficient (Wildman–Crippen LogP) is 0.990. The molecule has 2 heterocycles. The molecule has 1 atom stereocenters. The van der Waals surface area contributed by atoms with Crippen molar-refractivity contribution in [3.05, 3.63) is 11.8 Å². The van der Waals surface area contributed by atoms with Crippen LogP contribution in [-0.4, -0.2) is 34.8 Å². The Balaban J connectivity index is 2.23. The van der Waals surface area contributed by atoms with E-state index in [9.17, 15) is 13.2 Å². The van der Waals surface area contributed by atoms with E-state index in [2.05, 4.69) is 15.4 Å². The number of nitrogens with two attached hydrogens (primary N) is 1. The van der Waals surface area contributed by atoms with Gasteiger partial charge >= 0.3 is 6.18 Å². The summed E-state index contributed by atoms with van der Waals surface area (Å²) in [7, 11) is 0.